The number of hydrogen-bond donors (Lipinski definition) is 1. The highest BCUT2D eigenvalue weighted by atomic mass is 16.5. The van der Waals surface area contributed by atoms with Gasteiger partial charge in [0.05, 0.1) is 20.8 Å². The first kappa shape index (κ1) is 16.6. The topological polar surface area (TPSA) is 82.1 Å². The summed E-state index contributed by atoms with van der Waals surface area (Å²) in [6.45, 7) is 0.339. The molecule has 114 valence electrons. The van der Waals surface area contributed by atoms with E-state index in [-0.39, 0.29) is 18.1 Å². The van der Waals surface area contributed by atoms with Crippen molar-refractivity contribution in [2.45, 2.75) is 12.8 Å². The number of esters is 2. The summed E-state index contributed by atoms with van der Waals surface area (Å²) in [6.07, 6.45) is 3.47. The van der Waals surface area contributed by atoms with Crippen LogP contribution in [-0.4, -0.2) is 37.9 Å². The van der Waals surface area contributed by atoms with Gasteiger partial charge in [-0.1, -0.05) is 0 Å². The van der Waals surface area contributed by atoms with Crippen LogP contribution in [0.1, 0.15) is 18.4 Å². The first-order chi connectivity index (χ1) is 10.1. The lowest BCUT2D eigenvalue weighted by Crippen LogP contribution is -2.04. The van der Waals surface area contributed by atoms with Gasteiger partial charge in [-0.3, -0.25) is 4.79 Å². The molecule has 6 heteroatoms. The predicted octanol–water partition coefficient (Wildman–Crippen LogP) is 1.91. The molecular weight excluding hydrogens is 276 g/mol. The second-order valence-corrected chi connectivity index (χ2v) is 4.11. The summed E-state index contributed by atoms with van der Waals surface area (Å²) in [5.74, 6) is -0.324. The molecule has 0 aliphatic heterocycles. The van der Waals surface area contributed by atoms with Crippen LogP contribution < -0.4 is 4.74 Å². The van der Waals surface area contributed by atoms with Crippen molar-refractivity contribution in [2.24, 2.45) is 0 Å². The molecule has 0 spiro atoms. The average Bonchev–Trinajstić information content (AvgIpc) is 2.49. The maximum atomic E-state index is 11.0. The Kier molecular flexibility index (Phi) is 6.80. The lowest BCUT2D eigenvalue weighted by Gasteiger charge is -2.07. The molecule has 0 aliphatic carbocycles. The molecular formula is C15H18O6. The summed E-state index contributed by atoms with van der Waals surface area (Å²) in [7, 11) is 2.61. The second-order valence-electron chi connectivity index (χ2n) is 4.11. The molecule has 1 N–H and O–H groups in total. The Bertz CT molecular complexity index is 521. The molecule has 0 heterocycles. The van der Waals surface area contributed by atoms with E-state index in [1.807, 2.05) is 0 Å². The van der Waals surface area contributed by atoms with Crippen molar-refractivity contribution in [3.05, 3.63) is 29.8 Å². The fourth-order valence-electron chi connectivity index (χ4n) is 1.49. The molecule has 1 aromatic rings. The number of benzene rings is 1. The fraction of sp³-hybridized carbons (Fsp3) is 0.333. The third-order valence-corrected chi connectivity index (χ3v) is 2.62. The van der Waals surface area contributed by atoms with E-state index >= 15 is 0 Å². The largest absolute Gasteiger partial charge is 0.507 e. The van der Waals surface area contributed by atoms with E-state index in [2.05, 4.69) is 9.47 Å². The summed E-state index contributed by atoms with van der Waals surface area (Å²) < 4.78 is 14.4. The third kappa shape index (κ3) is 5.99. The molecule has 1 aromatic carbocycles. The first-order valence-electron chi connectivity index (χ1n) is 6.35. The number of carbonyl (C=O) groups is 2. The number of ether oxygens (including phenoxy) is 3. The van der Waals surface area contributed by atoms with Crippen LogP contribution in [0.2, 0.25) is 0 Å². The molecule has 0 radical (unpaired) electrons. The van der Waals surface area contributed by atoms with E-state index in [0.29, 0.717) is 24.3 Å². The first-order valence-corrected chi connectivity index (χ1v) is 6.35. The molecule has 0 aliphatic rings. The zero-order chi connectivity index (χ0) is 15.7. The van der Waals surface area contributed by atoms with Crippen molar-refractivity contribution in [3.8, 4) is 11.5 Å². The van der Waals surface area contributed by atoms with Gasteiger partial charge in [-0.05, 0) is 24.6 Å². The standard InChI is InChI=1S/C15H18O6/c1-19-14(17)4-3-9-21-12-7-5-11(13(16)10-12)6-8-15(18)20-2/h5-8,10,16H,3-4,9H2,1-2H3/b8-6+. The van der Waals surface area contributed by atoms with Crippen molar-refractivity contribution < 1.29 is 28.9 Å². The summed E-state index contributed by atoms with van der Waals surface area (Å²) in [4.78, 5) is 21.9. The Morgan fingerprint density at radius 1 is 1.24 bits per heavy atom. The van der Waals surface area contributed by atoms with E-state index in [1.165, 1.54) is 32.4 Å². The van der Waals surface area contributed by atoms with Gasteiger partial charge in [0.2, 0.25) is 0 Å². The summed E-state index contributed by atoms with van der Waals surface area (Å²) in [5.41, 5.74) is 0.474. The Hall–Kier alpha value is -2.50. The molecule has 0 aromatic heterocycles. The van der Waals surface area contributed by atoms with Crippen molar-refractivity contribution in [3.63, 3.8) is 0 Å². The van der Waals surface area contributed by atoms with Gasteiger partial charge < -0.3 is 19.3 Å². The quantitative estimate of drug-likeness (QED) is 0.470. The van der Waals surface area contributed by atoms with E-state index in [9.17, 15) is 14.7 Å². The van der Waals surface area contributed by atoms with Crippen molar-refractivity contribution in [2.75, 3.05) is 20.8 Å². The van der Waals surface area contributed by atoms with Crippen LogP contribution in [0, 0.1) is 0 Å². The zero-order valence-corrected chi connectivity index (χ0v) is 12.0. The molecule has 21 heavy (non-hydrogen) atoms. The predicted molar refractivity (Wildman–Crippen MR) is 75.9 cm³/mol. The molecule has 0 saturated carbocycles. The normalized spacial score (nSPS) is 10.4. The minimum absolute atomic E-state index is 0.0133. The minimum atomic E-state index is -0.502. The highest BCUT2D eigenvalue weighted by molar-refractivity contribution is 5.87. The number of phenolic OH excluding ortho intramolecular Hbond substituents is 1. The van der Waals surface area contributed by atoms with Gasteiger partial charge in [0, 0.05) is 24.1 Å². The Morgan fingerprint density at radius 2 is 2.00 bits per heavy atom. The van der Waals surface area contributed by atoms with Crippen LogP contribution in [0.3, 0.4) is 0 Å². The Morgan fingerprint density at radius 3 is 2.62 bits per heavy atom. The zero-order valence-electron chi connectivity index (χ0n) is 12.0. The summed E-state index contributed by atoms with van der Waals surface area (Å²) in [6, 6.07) is 4.72. The number of rotatable bonds is 7. The lowest BCUT2D eigenvalue weighted by molar-refractivity contribution is -0.140. The number of methoxy groups -OCH3 is 2. The van der Waals surface area contributed by atoms with Crippen LogP contribution in [-0.2, 0) is 19.1 Å². The smallest absolute Gasteiger partial charge is 0.330 e. The van der Waals surface area contributed by atoms with E-state index in [0.717, 1.165) is 0 Å². The Labute approximate surface area is 122 Å². The van der Waals surface area contributed by atoms with Crippen molar-refractivity contribution >= 4 is 18.0 Å². The van der Waals surface area contributed by atoms with Crippen molar-refractivity contribution in [1.82, 2.24) is 0 Å². The summed E-state index contributed by atoms with van der Waals surface area (Å²) >= 11 is 0. The number of phenols is 1. The monoisotopic (exact) mass is 294 g/mol. The van der Waals surface area contributed by atoms with E-state index < -0.39 is 5.97 Å². The number of aromatic hydroxyl groups is 1. The van der Waals surface area contributed by atoms with Gasteiger partial charge in [-0.25, -0.2) is 4.79 Å². The molecule has 0 atom stereocenters. The summed E-state index contributed by atoms with van der Waals surface area (Å²) in [5, 5.41) is 9.80. The highest BCUT2D eigenvalue weighted by Gasteiger charge is 2.03. The van der Waals surface area contributed by atoms with Crippen LogP contribution in [0.15, 0.2) is 24.3 Å². The molecule has 0 saturated heterocycles. The Balaban J connectivity index is 2.52. The molecule has 0 unspecified atom stereocenters. The molecule has 0 fully saturated rings. The van der Waals surface area contributed by atoms with Crippen LogP contribution in [0.25, 0.3) is 6.08 Å². The van der Waals surface area contributed by atoms with Gasteiger partial charge >= 0.3 is 11.9 Å². The molecule has 6 nitrogen and oxygen atoms in total. The minimum Gasteiger partial charge on any atom is -0.507 e. The number of carbonyl (C=O) groups excluding carboxylic acids is 2. The lowest BCUT2D eigenvalue weighted by atomic mass is 10.2. The molecule has 1 rings (SSSR count). The van der Waals surface area contributed by atoms with Gasteiger partial charge in [0.15, 0.2) is 0 Å². The molecule has 0 bridgehead atoms. The second kappa shape index (κ2) is 8.63. The number of hydrogen-bond acceptors (Lipinski definition) is 6. The van der Waals surface area contributed by atoms with Crippen LogP contribution in [0.4, 0.5) is 0 Å². The van der Waals surface area contributed by atoms with Gasteiger partial charge in [-0.15, -0.1) is 0 Å². The van der Waals surface area contributed by atoms with Gasteiger partial charge in [-0.2, -0.15) is 0 Å². The van der Waals surface area contributed by atoms with E-state index in [1.54, 1.807) is 12.1 Å². The maximum absolute atomic E-state index is 11.0. The van der Waals surface area contributed by atoms with Crippen LogP contribution >= 0.6 is 0 Å². The highest BCUT2D eigenvalue weighted by Crippen LogP contribution is 2.24. The van der Waals surface area contributed by atoms with Gasteiger partial charge in [0.25, 0.3) is 0 Å². The van der Waals surface area contributed by atoms with Crippen molar-refractivity contribution in [1.29, 1.82) is 0 Å². The fourth-order valence-corrected chi connectivity index (χ4v) is 1.49. The molecule has 0 amide bonds. The third-order valence-electron chi connectivity index (χ3n) is 2.62. The SMILES string of the molecule is COC(=O)/C=C/c1ccc(OCCCC(=O)OC)cc1O. The maximum Gasteiger partial charge on any atom is 0.330 e. The van der Waals surface area contributed by atoms with Gasteiger partial charge in [0.1, 0.15) is 11.5 Å². The van der Waals surface area contributed by atoms with E-state index in [4.69, 9.17) is 4.74 Å². The van der Waals surface area contributed by atoms with Crippen LogP contribution in [0.5, 0.6) is 11.5 Å². The average molecular weight is 294 g/mol.